The summed E-state index contributed by atoms with van der Waals surface area (Å²) in [6.07, 6.45) is 52.4. The van der Waals surface area contributed by atoms with Crippen molar-refractivity contribution in [2.75, 3.05) is 33.9 Å². The maximum atomic E-state index is 12.7. The lowest BCUT2D eigenvalue weighted by Crippen LogP contribution is -2.20. The van der Waals surface area contributed by atoms with E-state index in [9.17, 15) is 14.4 Å². The fourth-order valence-corrected chi connectivity index (χ4v) is 9.83. The Balaban J connectivity index is 3.97. The van der Waals surface area contributed by atoms with Gasteiger partial charge in [0.2, 0.25) is 0 Å². The summed E-state index contributed by atoms with van der Waals surface area (Å²) in [6, 6.07) is 0. The van der Waals surface area contributed by atoms with E-state index in [2.05, 4.69) is 98.7 Å². The van der Waals surface area contributed by atoms with Gasteiger partial charge in [0, 0.05) is 19.3 Å². The molecule has 0 aliphatic carbocycles. The van der Waals surface area contributed by atoms with Crippen molar-refractivity contribution in [3.63, 3.8) is 0 Å². The smallest absolute Gasteiger partial charge is 0.306 e. The van der Waals surface area contributed by atoms with Gasteiger partial charge in [-0.3, -0.25) is 14.4 Å². The molecule has 0 spiro atoms. The maximum Gasteiger partial charge on any atom is 0.306 e. The van der Waals surface area contributed by atoms with Crippen LogP contribution in [0.25, 0.3) is 0 Å². The lowest BCUT2D eigenvalue weighted by molar-refractivity contribution is -0.150. The Kier molecular flexibility index (Phi) is 49.5. The minimum absolute atomic E-state index is 0.0117. The molecular formula is C65H123NO6. The van der Waals surface area contributed by atoms with Gasteiger partial charge < -0.3 is 19.1 Å². The fraction of sp³-hybridized carbons (Fsp3) is 0.892. The second-order valence-corrected chi connectivity index (χ2v) is 23.9. The number of esters is 3. The van der Waals surface area contributed by atoms with E-state index in [1.54, 1.807) is 0 Å². The van der Waals surface area contributed by atoms with Gasteiger partial charge in [0.05, 0.1) is 13.2 Å². The summed E-state index contributed by atoms with van der Waals surface area (Å²) >= 11 is 0. The topological polar surface area (TPSA) is 82.1 Å². The quantitative estimate of drug-likeness (QED) is 0.0260. The molecule has 0 fully saturated rings. The normalized spacial score (nSPS) is 13.4. The van der Waals surface area contributed by atoms with Gasteiger partial charge in [0.25, 0.3) is 0 Å². The number of allylic oxidation sites excluding steroid dienone is 4. The zero-order chi connectivity index (χ0) is 53.3. The van der Waals surface area contributed by atoms with Gasteiger partial charge in [-0.1, -0.05) is 182 Å². The lowest BCUT2D eigenvalue weighted by atomic mass is 9.86. The van der Waals surface area contributed by atoms with Crippen LogP contribution >= 0.6 is 0 Å². The Morgan fingerprint density at radius 2 is 0.681 bits per heavy atom. The van der Waals surface area contributed by atoms with E-state index in [0.29, 0.717) is 56.1 Å². The number of rotatable bonds is 53. The van der Waals surface area contributed by atoms with Crippen LogP contribution in [0.1, 0.15) is 299 Å². The Morgan fingerprint density at radius 3 is 1.01 bits per heavy atom. The van der Waals surface area contributed by atoms with Crippen LogP contribution in [-0.2, 0) is 28.6 Å². The molecule has 0 saturated heterocycles. The highest BCUT2D eigenvalue weighted by atomic mass is 16.5. The summed E-state index contributed by atoms with van der Waals surface area (Å²) in [4.78, 5) is 39.2. The highest BCUT2D eigenvalue weighted by molar-refractivity contribution is 5.70. The van der Waals surface area contributed by atoms with E-state index >= 15 is 0 Å². The van der Waals surface area contributed by atoms with Crippen LogP contribution in [-0.4, -0.2) is 62.8 Å². The summed E-state index contributed by atoms with van der Waals surface area (Å²) in [5, 5.41) is 0. The van der Waals surface area contributed by atoms with Crippen molar-refractivity contribution in [3.05, 3.63) is 24.3 Å². The summed E-state index contributed by atoms with van der Waals surface area (Å²) in [5.74, 6) is 4.03. The minimum Gasteiger partial charge on any atom is -0.466 e. The summed E-state index contributed by atoms with van der Waals surface area (Å²) in [5.41, 5.74) is 0. The predicted octanol–water partition coefficient (Wildman–Crippen LogP) is 19.3. The largest absolute Gasteiger partial charge is 0.466 e. The highest BCUT2D eigenvalue weighted by Crippen LogP contribution is 2.25. The molecular weight excluding hydrogens is 891 g/mol. The third-order valence-corrected chi connectivity index (χ3v) is 15.0. The van der Waals surface area contributed by atoms with E-state index in [-0.39, 0.29) is 24.0 Å². The van der Waals surface area contributed by atoms with Gasteiger partial charge in [-0.05, 0) is 178 Å². The average molecular weight is 1010 g/mol. The number of hydrogen-bond donors (Lipinski definition) is 0. The first-order chi connectivity index (χ1) is 34.7. The molecule has 0 aromatic heterocycles. The third-order valence-electron chi connectivity index (χ3n) is 15.0. The lowest BCUT2D eigenvalue weighted by Gasteiger charge is -2.21. The van der Waals surface area contributed by atoms with E-state index in [4.69, 9.17) is 14.2 Å². The van der Waals surface area contributed by atoms with Crippen molar-refractivity contribution >= 4 is 17.9 Å². The number of carbonyl (C=O) groups is 3. The van der Waals surface area contributed by atoms with Crippen molar-refractivity contribution in [2.45, 2.75) is 305 Å². The second-order valence-electron chi connectivity index (χ2n) is 23.9. The first-order valence-corrected chi connectivity index (χ1v) is 31.2. The minimum atomic E-state index is -0.0120. The fourth-order valence-electron chi connectivity index (χ4n) is 9.83. The first-order valence-electron chi connectivity index (χ1n) is 31.2. The molecule has 0 rings (SSSR count). The molecule has 0 N–H and O–H groups in total. The Labute approximate surface area is 448 Å². The van der Waals surface area contributed by atoms with Gasteiger partial charge in [-0.2, -0.15) is 0 Å². The van der Waals surface area contributed by atoms with Crippen molar-refractivity contribution in [3.8, 4) is 0 Å². The van der Waals surface area contributed by atoms with Gasteiger partial charge >= 0.3 is 17.9 Å². The molecule has 2 unspecified atom stereocenters. The van der Waals surface area contributed by atoms with Gasteiger partial charge in [-0.15, -0.1) is 0 Å². The van der Waals surface area contributed by atoms with Crippen molar-refractivity contribution in [1.29, 1.82) is 0 Å². The molecule has 0 heterocycles. The molecule has 0 bridgehead atoms. The molecule has 2 atom stereocenters. The van der Waals surface area contributed by atoms with Crippen molar-refractivity contribution in [1.82, 2.24) is 4.90 Å². The number of unbranched alkanes of at least 4 members (excludes halogenated alkanes) is 22. The van der Waals surface area contributed by atoms with E-state index < -0.39 is 0 Å². The van der Waals surface area contributed by atoms with Crippen LogP contribution in [0.5, 0.6) is 0 Å². The van der Waals surface area contributed by atoms with Crippen molar-refractivity contribution < 1.29 is 28.6 Å². The van der Waals surface area contributed by atoms with Gasteiger partial charge in [-0.25, -0.2) is 0 Å². The Bertz CT molecular complexity index is 1190. The number of ether oxygens (including phenoxy) is 3. The SMILES string of the molecule is CC(C)CCC(CCOC(=O)CCCCCCCC=CCCCCCCCCC(CCCCCCCCC=CCCCCCCCC(=O)OCCC(CCC(C)C)C(C)C)OC(=O)CCCN(C)C)C(C)C. The number of carbonyl (C=O) groups excluding carboxylic acids is 3. The second kappa shape index (κ2) is 51.0. The molecule has 0 aromatic carbocycles. The zero-order valence-electron chi connectivity index (χ0n) is 49.7. The molecule has 7 heteroatoms. The van der Waals surface area contributed by atoms with Gasteiger partial charge in [0.1, 0.15) is 6.10 Å². The summed E-state index contributed by atoms with van der Waals surface area (Å²) < 4.78 is 17.2. The van der Waals surface area contributed by atoms with E-state index in [1.165, 1.54) is 154 Å². The summed E-state index contributed by atoms with van der Waals surface area (Å²) in [6.45, 7) is 20.4. The maximum absolute atomic E-state index is 12.7. The monoisotopic (exact) mass is 1010 g/mol. The molecule has 0 aliphatic rings. The molecule has 0 saturated carbocycles. The predicted molar refractivity (Wildman–Crippen MR) is 310 cm³/mol. The van der Waals surface area contributed by atoms with Crippen LogP contribution < -0.4 is 0 Å². The van der Waals surface area contributed by atoms with Crippen LogP contribution in [0.3, 0.4) is 0 Å². The first kappa shape index (κ1) is 69.8. The molecule has 0 aromatic rings. The van der Waals surface area contributed by atoms with E-state index in [0.717, 1.165) is 89.0 Å². The van der Waals surface area contributed by atoms with Crippen LogP contribution in [0.2, 0.25) is 0 Å². The van der Waals surface area contributed by atoms with Crippen LogP contribution in [0, 0.1) is 35.5 Å². The van der Waals surface area contributed by atoms with Crippen LogP contribution in [0.15, 0.2) is 24.3 Å². The Morgan fingerprint density at radius 1 is 0.361 bits per heavy atom. The van der Waals surface area contributed by atoms with Crippen molar-refractivity contribution in [2.24, 2.45) is 35.5 Å². The molecule has 0 radical (unpaired) electrons. The summed E-state index contributed by atoms with van der Waals surface area (Å²) in [7, 11) is 4.11. The third kappa shape index (κ3) is 50.0. The molecule has 424 valence electrons. The number of nitrogens with zero attached hydrogens (tertiary/aromatic N) is 1. The standard InChI is InChI=1S/C65H123NO6/c1-56(2)47-49-60(58(5)6)51-54-70-63(67)44-39-35-31-27-23-19-15-11-13-17-21-25-29-33-37-42-62(72-65(69)46-41-53-66(9)10)43-38-34-30-26-22-18-14-12-16-20-24-28-32-36-40-45-64(68)71-55-52-61(59(7)8)50-48-57(3)4/h11-12,15-16,56-62H,13-14,17-55H2,1-10H3. The molecule has 0 amide bonds. The highest BCUT2D eigenvalue weighted by Gasteiger charge is 2.17. The Hall–Kier alpha value is -2.15. The molecule has 72 heavy (non-hydrogen) atoms. The van der Waals surface area contributed by atoms with Gasteiger partial charge in [0.15, 0.2) is 0 Å². The zero-order valence-corrected chi connectivity index (χ0v) is 49.7. The van der Waals surface area contributed by atoms with E-state index in [1.807, 2.05) is 0 Å². The molecule has 0 aliphatic heterocycles. The van der Waals surface area contributed by atoms with Crippen LogP contribution in [0.4, 0.5) is 0 Å². The molecule has 7 nitrogen and oxygen atoms in total. The average Bonchev–Trinajstić information content (AvgIpc) is 3.32. The number of hydrogen-bond acceptors (Lipinski definition) is 7.